The molecule has 260 valence electrons. The molecular weight excluding hydrogens is 669 g/mol. The number of benzene rings is 9. The van der Waals surface area contributed by atoms with Gasteiger partial charge in [0.1, 0.15) is 11.5 Å². The van der Waals surface area contributed by atoms with Crippen molar-refractivity contribution in [3.05, 3.63) is 218 Å². The molecule has 0 saturated heterocycles. The first-order chi connectivity index (χ1) is 27.3. The van der Waals surface area contributed by atoms with E-state index >= 15 is 0 Å². The van der Waals surface area contributed by atoms with Crippen LogP contribution in [0, 0.1) is 0 Å². The molecule has 0 bridgehead atoms. The highest BCUT2D eigenvalue weighted by Gasteiger charge is 2.25. The number of hydrogen-bond donors (Lipinski definition) is 0. The lowest BCUT2D eigenvalue weighted by molar-refractivity contribution is 0.489. The molecule has 55 heavy (non-hydrogen) atoms. The molecule has 0 spiro atoms. The Balaban J connectivity index is 1.07. The van der Waals surface area contributed by atoms with Crippen LogP contribution in [0.1, 0.15) is 0 Å². The number of anilines is 6. The summed E-state index contributed by atoms with van der Waals surface area (Å²) >= 11 is 0. The molecular formula is C52H36N2O. The maximum atomic E-state index is 7.06. The average Bonchev–Trinajstić information content (AvgIpc) is 3.25. The van der Waals surface area contributed by atoms with Crippen LogP contribution in [-0.4, -0.2) is 0 Å². The Bertz CT molecular complexity index is 2700. The van der Waals surface area contributed by atoms with Crippen molar-refractivity contribution in [3.63, 3.8) is 0 Å². The second-order valence-electron chi connectivity index (χ2n) is 13.8. The van der Waals surface area contributed by atoms with Gasteiger partial charge in [-0.3, -0.25) is 0 Å². The van der Waals surface area contributed by atoms with Crippen molar-refractivity contribution in [2.75, 3.05) is 9.80 Å². The van der Waals surface area contributed by atoms with Crippen LogP contribution in [-0.2, 0) is 0 Å². The van der Waals surface area contributed by atoms with Gasteiger partial charge < -0.3 is 14.5 Å². The first kappa shape index (κ1) is 32.3. The third kappa shape index (κ3) is 5.98. The van der Waals surface area contributed by atoms with Crippen LogP contribution in [0.2, 0.25) is 0 Å². The average molecular weight is 705 g/mol. The Morgan fingerprint density at radius 2 is 0.727 bits per heavy atom. The van der Waals surface area contributed by atoms with Crippen LogP contribution in [0.3, 0.4) is 0 Å². The number of para-hydroxylation sites is 5. The van der Waals surface area contributed by atoms with E-state index in [-0.39, 0.29) is 0 Å². The molecule has 3 nitrogen and oxygen atoms in total. The molecule has 0 unspecified atom stereocenters. The van der Waals surface area contributed by atoms with Gasteiger partial charge in [-0.1, -0.05) is 133 Å². The van der Waals surface area contributed by atoms with E-state index in [1.54, 1.807) is 0 Å². The Morgan fingerprint density at radius 3 is 1.29 bits per heavy atom. The standard InChI is InChI=1S/C52H36N2O/c1-5-20-41(21-6-1)53(42-22-7-2-8-23-42)45-28-13-17-37(34-45)40-33-39-19-15-31-48-49-32-16-30-47(52(49)55-50(36-40)51(39)48)38-18-14-29-46(35-38)54(43-24-9-3-10-25-43)44-26-11-4-12-27-44/h1-36H. The van der Waals surface area contributed by atoms with Gasteiger partial charge in [-0.05, 0) is 113 Å². The largest absolute Gasteiger partial charge is 0.455 e. The summed E-state index contributed by atoms with van der Waals surface area (Å²) in [6.07, 6.45) is 0. The van der Waals surface area contributed by atoms with Crippen molar-refractivity contribution < 1.29 is 4.74 Å². The first-order valence-corrected chi connectivity index (χ1v) is 18.7. The number of fused-ring (bicyclic) bond motifs is 2. The van der Waals surface area contributed by atoms with Crippen LogP contribution in [0.4, 0.5) is 34.1 Å². The molecule has 10 rings (SSSR count). The van der Waals surface area contributed by atoms with Crippen LogP contribution in [0.25, 0.3) is 44.2 Å². The zero-order valence-corrected chi connectivity index (χ0v) is 30.1. The third-order valence-electron chi connectivity index (χ3n) is 10.4. The van der Waals surface area contributed by atoms with Crippen LogP contribution in [0.15, 0.2) is 218 Å². The normalized spacial score (nSPS) is 11.4. The van der Waals surface area contributed by atoms with E-state index in [0.29, 0.717) is 0 Å². The van der Waals surface area contributed by atoms with Crippen molar-refractivity contribution in [2.24, 2.45) is 0 Å². The second-order valence-corrected chi connectivity index (χ2v) is 13.8. The third-order valence-corrected chi connectivity index (χ3v) is 10.4. The van der Waals surface area contributed by atoms with Gasteiger partial charge in [0, 0.05) is 50.6 Å². The molecule has 9 aromatic rings. The van der Waals surface area contributed by atoms with Gasteiger partial charge in [-0.15, -0.1) is 0 Å². The SMILES string of the molecule is c1ccc(N(c2ccccc2)c2cccc(-c3cc4c5c(cccc5c3)-c3cccc(-c5cccc(N(c6ccccc6)c6ccccc6)c5)c3O4)c2)cc1. The molecule has 0 atom stereocenters. The molecule has 1 aliphatic heterocycles. The van der Waals surface area contributed by atoms with Gasteiger partial charge in [-0.2, -0.15) is 0 Å². The van der Waals surface area contributed by atoms with E-state index in [9.17, 15) is 0 Å². The highest BCUT2D eigenvalue weighted by molar-refractivity contribution is 6.07. The molecule has 0 radical (unpaired) electrons. The van der Waals surface area contributed by atoms with E-state index in [1.807, 2.05) is 0 Å². The summed E-state index contributed by atoms with van der Waals surface area (Å²) in [5.41, 5.74) is 13.2. The maximum Gasteiger partial charge on any atom is 0.143 e. The van der Waals surface area contributed by atoms with E-state index in [2.05, 4.69) is 228 Å². The number of nitrogens with zero attached hydrogens (tertiary/aromatic N) is 2. The van der Waals surface area contributed by atoms with Crippen molar-refractivity contribution in [1.82, 2.24) is 0 Å². The smallest absolute Gasteiger partial charge is 0.143 e. The summed E-state index contributed by atoms with van der Waals surface area (Å²) in [6.45, 7) is 0. The Labute approximate surface area is 321 Å². The Morgan fingerprint density at radius 1 is 0.291 bits per heavy atom. The van der Waals surface area contributed by atoms with Crippen molar-refractivity contribution in [2.45, 2.75) is 0 Å². The van der Waals surface area contributed by atoms with Gasteiger partial charge in [0.2, 0.25) is 0 Å². The topological polar surface area (TPSA) is 15.7 Å². The quantitative estimate of drug-likeness (QED) is 0.157. The number of rotatable bonds is 8. The lowest BCUT2D eigenvalue weighted by Crippen LogP contribution is -2.09. The van der Waals surface area contributed by atoms with Crippen LogP contribution in [0.5, 0.6) is 11.5 Å². The predicted octanol–water partition coefficient (Wildman–Crippen LogP) is 14.9. The van der Waals surface area contributed by atoms with E-state index in [0.717, 1.165) is 84.2 Å². The number of hydrogen-bond acceptors (Lipinski definition) is 3. The van der Waals surface area contributed by atoms with Gasteiger partial charge in [0.05, 0.1) is 0 Å². The Hall–Kier alpha value is -7.36. The first-order valence-electron chi connectivity index (χ1n) is 18.7. The fourth-order valence-corrected chi connectivity index (χ4v) is 7.90. The van der Waals surface area contributed by atoms with E-state index in [4.69, 9.17) is 4.74 Å². The van der Waals surface area contributed by atoms with E-state index in [1.165, 1.54) is 5.56 Å². The molecule has 0 N–H and O–H groups in total. The van der Waals surface area contributed by atoms with Crippen molar-refractivity contribution in [1.29, 1.82) is 0 Å². The fourth-order valence-electron chi connectivity index (χ4n) is 7.90. The molecule has 0 fully saturated rings. The summed E-state index contributed by atoms with van der Waals surface area (Å²) in [4.78, 5) is 4.60. The van der Waals surface area contributed by atoms with Gasteiger partial charge in [-0.25, -0.2) is 0 Å². The maximum absolute atomic E-state index is 7.06. The zero-order chi connectivity index (χ0) is 36.6. The highest BCUT2D eigenvalue weighted by atomic mass is 16.5. The minimum absolute atomic E-state index is 0.864. The minimum atomic E-state index is 0.864. The van der Waals surface area contributed by atoms with Gasteiger partial charge in [0.25, 0.3) is 0 Å². The molecule has 0 amide bonds. The zero-order valence-electron chi connectivity index (χ0n) is 30.1. The number of ether oxygens (including phenoxy) is 1. The molecule has 0 aliphatic carbocycles. The molecule has 1 heterocycles. The Kier molecular flexibility index (Phi) is 8.16. The molecule has 3 heteroatoms. The van der Waals surface area contributed by atoms with Crippen molar-refractivity contribution >= 4 is 44.9 Å². The van der Waals surface area contributed by atoms with Crippen LogP contribution >= 0.6 is 0 Å². The highest BCUT2D eigenvalue weighted by Crippen LogP contribution is 2.52. The molecule has 0 aromatic heterocycles. The predicted molar refractivity (Wildman–Crippen MR) is 230 cm³/mol. The van der Waals surface area contributed by atoms with Gasteiger partial charge >= 0.3 is 0 Å². The molecule has 9 aromatic carbocycles. The molecule has 1 aliphatic rings. The minimum Gasteiger partial charge on any atom is -0.455 e. The van der Waals surface area contributed by atoms with Crippen molar-refractivity contribution in [3.8, 4) is 44.9 Å². The summed E-state index contributed by atoms with van der Waals surface area (Å²) in [5.74, 6) is 1.73. The van der Waals surface area contributed by atoms with Crippen LogP contribution < -0.4 is 14.5 Å². The summed E-state index contributed by atoms with van der Waals surface area (Å²) in [7, 11) is 0. The lowest BCUT2D eigenvalue weighted by atomic mass is 9.90. The fraction of sp³-hybridized carbons (Fsp3) is 0. The summed E-state index contributed by atoms with van der Waals surface area (Å²) < 4.78 is 7.06. The van der Waals surface area contributed by atoms with Gasteiger partial charge in [0.15, 0.2) is 0 Å². The summed E-state index contributed by atoms with van der Waals surface area (Å²) in [5, 5.41) is 2.29. The summed E-state index contributed by atoms with van der Waals surface area (Å²) in [6, 6.07) is 77.3. The monoisotopic (exact) mass is 704 g/mol. The lowest BCUT2D eigenvalue weighted by Gasteiger charge is -2.27. The molecule has 0 saturated carbocycles. The van der Waals surface area contributed by atoms with E-state index < -0.39 is 0 Å². The second kappa shape index (κ2) is 13.9.